The molecule has 1 atom stereocenters. The van der Waals surface area contributed by atoms with Crippen LogP contribution in [0.2, 0.25) is 0 Å². The zero-order chi connectivity index (χ0) is 8.55. The largest absolute Gasteiger partial charge is 0.337 e. The van der Waals surface area contributed by atoms with Gasteiger partial charge in [-0.05, 0) is 19.8 Å². The second-order valence-electron chi connectivity index (χ2n) is 3.86. The summed E-state index contributed by atoms with van der Waals surface area (Å²) in [5.41, 5.74) is 0. The van der Waals surface area contributed by atoms with Gasteiger partial charge >= 0.3 is 0 Å². The quantitative estimate of drug-likeness (QED) is 0.607. The highest BCUT2D eigenvalue weighted by Gasteiger charge is 2.35. The molecule has 0 aromatic carbocycles. The zero-order valence-corrected chi connectivity index (χ0v) is 7.55. The fraction of sp³-hybridized carbons (Fsp3) is 0.889. The van der Waals surface area contributed by atoms with Crippen molar-refractivity contribution in [3.63, 3.8) is 0 Å². The summed E-state index contributed by atoms with van der Waals surface area (Å²) in [5, 5.41) is 3.28. The van der Waals surface area contributed by atoms with E-state index in [1.54, 1.807) is 0 Å². The SMILES string of the molecule is C[C@@H]1CNCCN1C(=O)C1CC1. The molecule has 1 saturated carbocycles. The fourth-order valence-electron chi connectivity index (χ4n) is 1.73. The number of nitrogens with zero attached hydrogens (tertiary/aromatic N) is 1. The van der Waals surface area contributed by atoms with Gasteiger partial charge in [-0.3, -0.25) is 4.79 Å². The number of carbonyl (C=O) groups is 1. The van der Waals surface area contributed by atoms with E-state index >= 15 is 0 Å². The Kier molecular flexibility index (Phi) is 2.05. The second-order valence-corrected chi connectivity index (χ2v) is 3.86. The fourth-order valence-corrected chi connectivity index (χ4v) is 1.73. The van der Waals surface area contributed by atoms with E-state index in [0.29, 0.717) is 17.9 Å². The molecule has 0 radical (unpaired) electrons. The first kappa shape index (κ1) is 8.05. The maximum Gasteiger partial charge on any atom is 0.226 e. The summed E-state index contributed by atoms with van der Waals surface area (Å²) in [5.74, 6) is 0.773. The Morgan fingerprint density at radius 1 is 1.50 bits per heavy atom. The van der Waals surface area contributed by atoms with Crippen molar-refractivity contribution >= 4 is 5.91 Å². The second kappa shape index (κ2) is 3.05. The lowest BCUT2D eigenvalue weighted by Gasteiger charge is -2.34. The molecule has 1 N–H and O–H groups in total. The number of carbonyl (C=O) groups excluding carboxylic acids is 1. The number of piperazine rings is 1. The Balaban J connectivity index is 1.95. The minimum Gasteiger partial charge on any atom is -0.337 e. The molecule has 0 aromatic rings. The average molecular weight is 168 g/mol. The molecule has 0 unspecified atom stereocenters. The van der Waals surface area contributed by atoms with Crippen LogP contribution in [0.1, 0.15) is 19.8 Å². The molecule has 0 bridgehead atoms. The van der Waals surface area contributed by atoms with E-state index in [1.165, 1.54) is 0 Å². The summed E-state index contributed by atoms with van der Waals surface area (Å²) in [6.07, 6.45) is 2.24. The van der Waals surface area contributed by atoms with Crippen molar-refractivity contribution < 1.29 is 4.79 Å². The molecule has 1 amide bonds. The molecule has 3 heteroatoms. The van der Waals surface area contributed by atoms with Gasteiger partial charge in [0.2, 0.25) is 5.91 Å². The van der Waals surface area contributed by atoms with Crippen molar-refractivity contribution in [2.24, 2.45) is 5.92 Å². The summed E-state index contributed by atoms with van der Waals surface area (Å²) in [6, 6.07) is 0.395. The lowest BCUT2D eigenvalue weighted by atomic mass is 10.2. The van der Waals surface area contributed by atoms with Gasteiger partial charge in [-0.1, -0.05) is 0 Å². The van der Waals surface area contributed by atoms with E-state index in [2.05, 4.69) is 12.2 Å². The molecule has 1 aliphatic carbocycles. The molecule has 1 saturated heterocycles. The van der Waals surface area contributed by atoms with Crippen molar-refractivity contribution in [2.75, 3.05) is 19.6 Å². The summed E-state index contributed by atoms with van der Waals surface area (Å²) in [4.78, 5) is 13.7. The average Bonchev–Trinajstić information content (AvgIpc) is 2.86. The van der Waals surface area contributed by atoms with Crippen LogP contribution in [0.5, 0.6) is 0 Å². The van der Waals surface area contributed by atoms with E-state index in [1.807, 2.05) is 4.90 Å². The summed E-state index contributed by atoms with van der Waals surface area (Å²) in [6.45, 7) is 4.93. The van der Waals surface area contributed by atoms with Crippen LogP contribution in [0.25, 0.3) is 0 Å². The molecular formula is C9H16N2O. The van der Waals surface area contributed by atoms with E-state index in [-0.39, 0.29) is 0 Å². The minimum absolute atomic E-state index is 0.380. The molecule has 1 aliphatic heterocycles. The molecule has 12 heavy (non-hydrogen) atoms. The van der Waals surface area contributed by atoms with Crippen LogP contribution >= 0.6 is 0 Å². The molecule has 3 nitrogen and oxygen atoms in total. The molecule has 68 valence electrons. The maximum atomic E-state index is 11.7. The van der Waals surface area contributed by atoms with Crippen LogP contribution in [0, 0.1) is 5.92 Å². The number of amides is 1. The summed E-state index contributed by atoms with van der Waals surface area (Å²) in [7, 11) is 0. The Morgan fingerprint density at radius 3 is 2.83 bits per heavy atom. The first-order valence-electron chi connectivity index (χ1n) is 4.80. The van der Waals surface area contributed by atoms with Gasteiger partial charge in [-0.2, -0.15) is 0 Å². The van der Waals surface area contributed by atoms with Crippen LogP contribution in [-0.2, 0) is 4.79 Å². The van der Waals surface area contributed by atoms with Crippen molar-refractivity contribution in [3.8, 4) is 0 Å². The van der Waals surface area contributed by atoms with Crippen molar-refractivity contribution in [2.45, 2.75) is 25.8 Å². The first-order valence-corrected chi connectivity index (χ1v) is 4.80. The number of rotatable bonds is 1. The van der Waals surface area contributed by atoms with E-state index in [0.717, 1.165) is 32.5 Å². The topological polar surface area (TPSA) is 32.3 Å². The van der Waals surface area contributed by atoms with Crippen molar-refractivity contribution in [3.05, 3.63) is 0 Å². The third-order valence-electron chi connectivity index (χ3n) is 2.71. The standard InChI is InChI=1S/C9H16N2O/c1-7-6-10-4-5-11(7)9(12)8-2-3-8/h7-8,10H,2-6H2,1H3/t7-/m1/s1. The molecule has 2 fully saturated rings. The predicted molar refractivity (Wildman–Crippen MR) is 46.8 cm³/mol. The van der Waals surface area contributed by atoms with Crippen molar-refractivity contribution in [1.82, 2.24) is 10.2 Å². The normalized spacial score (nSPS) is 30.4. The van der Waals surface area contributed by atoms with E-state index in [4.69, 9.17) is 0 Å². The number of nitrogens with one attached hydrogen (secondary N) is 1. The Morgan fingerprint density at radius 2 is 2.25 bits per heavy atom. The summed E-state index contributed by atoms with van der Waals surface area (Å²) < 4.78 is 0. The molecule has 1 heterocycles. The van der Waals surface area contributed by atoms with Crippen LogP contribution in [0.3, 0.4) is 0 Å². The minimum atomic E-state index is 0.380. The highest BCUT2D eigenvalue weighted by Crippen LogP contribution is 2.31. The van der Waals surface area contributed by atoms with Gasteiger partial charge in [0.25, 0.3) is 0 Å². The molecule has 2 rings (SSSR count). The van der Waals surface area contributed by atoms with Gasteiger partial charge in [0, 0.05) is 31.6 Å². The number of hydrogen-bond donors (Lipinski definition) is 1. The maximum absolute atomic E-state index is 11.7. The Hall–Kier alpha value is -0.570. The highest BCUT2D eigenvalue weighted by molar-refractivity contribution is 5.81. The molecule has 0 aromatic heterocycles. The summed E-state index contributed by atoms with van der Waals surface area (Å²) >= 11 is 0. The number of hydrogen-bond acceptors (Lipinski definition) is 2. The predicted octanol–water partition coefficient (Wildman–Crippen LogP) is 0.217. The Labute approximate surface area is 73.1 Å². The van der Waals surface area contributed by atoms with Gasteiger partial charge in [0.1, 0.15) is 0 Å². The zero-order valence-electron chi connectivity index (χ0n) is 7.55. The van der Waals surface area contributed by atoms with Crippen LogP contribution in [0.4, 0.5) is 0 Å². The highest BCUT2D eigenvalue weighted by atomic mass is 16.2. The third-order valence-corrected chi connectivity index (χ3v) is 2.71. The van der Waals surface area contributed by atoms with Crippen molar-refractivity contribution in [1.29, 1.82) is 0 Å². The smallest absolute Gasteiger partial charge is 0.226 e. The van der Waals surface area contributed by atoms with Crippen LogP contribution < -0.4 is 5.32 Å². The van der Waals surface area contributed by atoms with Gasteiger partial charge in [0.15, 0.2) is 0 Å². The first-order chi connectivity index (χ1) is 5.79. The van der Waals surface area contributed by atoms with E-state index < -0.39 is 0 Å². The lowest BCUT2D eigenvalue weighted by molar-refractivity contribution is -0.135. The van der Waals surface area contributed by atoms with Crippen LogP contribution in [0.15, 0.2) is 0 Å². The molecular weight excluding hydrogens is 152 g/mol. The Bertz CT molecular complexity index is 189. The van der Waals surface area contributed by atoms with Crippen LogP contribution in [-0.4, -0.2) is 36.5 Å². The molecule has 2 aliphatic rings. The lowest BCUT2D eigenvalue weighted by Crippen LogP contribution is -2.52. The third kappa shape index (κ3) is 1.46. The van der Waals surface area contributed by atoms with Gasteiger partial charge in [-0.25, -0.2) is 0 Å². The monoisotopic (exact) mass is 168 g/mol. The molecule has 0 spiro atoms. The van der Waals surface area contributed by atoms with E-state index in [9.17, 15) is 4.79 Å². The van der Waals surface area contributed by atoms with Gasteiger partial charge < -0.3 is 10.2 Å². The van der Waals surface area contributed by atoms with Gasteiger partial charge in [0.05, 0.1) is 0 Å². The van der Waals surface area contributed by atoms with Gasteiger partial charge in [-0.15, -0.1) is 0 Å².